The van der Waals surface area contributed by atoms with Gasteiger partial charge >= 0.3 is 0 Å². The number of carbonyl (C=O) groups excluding carboxylic acids is 1. The van der Waals surface area contributed by atoms with Gasteiger partial charge in [-0.15, -0.1) is 0 Å². The van der Waals surface area contributed by atoms with Gasteiger partial charge in [0.1, 0.15) is 11.6 Å². The van der Waals surface area contributed by atoms with Gasteiger partial charge in [-0.25, -0.2) is 0 Å². The van der Waals surface area contributed by atoms with Crippen molar-refractivity contribution in [3.8, 4) is 5.75 Å². The van der Waals surface area contributed by atoms with Gasteiger partial charge in [-0.05, 0) is 30.5 Å². The number of benzene rings is 1. The van der Waals surface area contributed by atoms with E-state index in [9.17, 15) is 14.7 Å². The molecule has 1 aromatic heterocycles. The second-order valence-electron chi connectivity index (χ2n) is 6.41. The molecule has 1 unspecified atom stereocenters. The van der Waals surface area contributed by atoms with Gasteiger partial charge in [0.05, 0.1) is 11.6 Å². The summed E-state index contributed by atoms with van der Waals surface area (Å²) in [5.74, 6) is 0.321. The van der Waals surface area contributed by atoms with Crippen molar-refractivity contribution in [1.82, 2.24) is 9.78 Å². The third-order valence-electron chi connectivity index (χ3n) is 4.92. The number of phenols is 1. The van der Waals surface area contributed by atoms with Crippen LogP contribution in [0, 0.1) is 0 Å². The molecule has 2 aromatic rings. The van der Waals surface area contributed by atoms with Crippen molar-refractivity contribution in [2.75, 3.05) is 5.32 Å². The quantitative estimate of drug-likeness (QED) is 0.796. The van der Waals surface area contributed by atoms with Crippen LogP contribution < -0.4 is 10.9 Å². The van der Waals surface area contributed by atoms with Crippen LogP contribution in [0.15, 0.2) is 29.1 Å². The van der Waals surface area contributed by atoms with Crippen molar-refractivity contribution in [3.05, 3.63) is 45.7 Å². The number of H-pyrrole nitrogens is 1. The average Bonchev–Trinajstić information content (AvgIpc) is 3.15. The first kappa shape index (κ1) is 14.1. The Morgan fingerprint density at radius 2 is 1.96 bits per heavy atom. The van der Waals surface area contributed by atoms with E-state index in [4.69, 9.17) is 0 Å². The number of nitrogens with one attached hydrogen (secondary N) is 2. The second kappa shape index (κ2) is 5.30. The maximum atomic E-state index is 12.5. The molecule has 120 valence electrons. The third-order valence-corrected chi connectivity index (χ3v) is 4.92. The zero-order chi connectivity index (χ0) is 16.0. The number of anilines is 1. The SMILES string of the molecule is O=C1CC(c2cccc(O)c2)c2c(n(C3CCCC3)[nH]c2=O)N1. The Morgan fingerprint density at radius 1 is 1.17 bits per heavy atom. The van der Waals surface area contributed by atoms with E-state index in [1.807, 2.05) is 10.7 Å². The van der Waals surface area contributed by atoms with Crippen LogP contribution in [0.4, 0.5) is 5.82 Å². The lowest BCUT2D eigenvalue weighted by Gasteiger charge is -2.25. The van der Waals surface area contributed by atoms with Gasteiger partial charge in [0.2, 0.25) is 5.91 Å². The molecule has 6 heteroatoms. The molecule has 1 saturated carbocycles. The molecule has 1 aromatic carbocycles. The van der Waals surface area contributed by atoms with E-state index in [1.165, 1.54) is 0 Å². The van der Waals surface area contributed by atoms with E-state index in [2.05, 4.69) is 10.4 Å². The Bertz CT molecular complexity index is 815. The molecule has 2 heterocycles. The fourth-order valence-corrected chi connectivity index (χ4v) is 3.85. The lowest BCUT2D eigenvalue weighted by atomic mass is 9.87. The van der Waals surface area contributed by atoms with E-state index in [1.54, 1.807) is 18.2 Å². The number of rotatable bonds is 2. The van der Waals surface area contributed by atoms with Crippen LogP contribution in [-0.2, 0) is 4.79 Å². The van der Waals surface area contributed by atoms with Crippen molar-refractivity contribution in [3.63, 3.8) is 0 Å². The summed E-state index contributed by atoms with van der Waals surface area (Å²) in [5, 5.41) is 15.5. The summed E-state index contributed by atoms with van der Waals surface area (Å²) in [7, 11) is 0. The monoisotopic (exact) mass is 313 g/mol. The van der Waals surface area contributed by atoms with Crippen LogP contribution in [0.2, 0.25) is 0 Å². The Morgan fingerprint density at radius 3 is 2.70 bits per heavy atom. The Balaban J connectivity index is 1.84. The van der Waals surface area contributed by atoms with Crippen molar-refractivity contribution in [1.29, 1.82) is 0 Å². The van der Waals surface area contributed by atoms with Gasteiger partial charge in [0.15, 0.2) is 0 Å². The van der Waals surface area contributed by atoms with Crippen LogP contribution >= 0.6 is 0 Å². The Hall–Kier alpha value is -2.50. The molecule has 0 saturated heterocycles. The predicted octanol–water partition coefficient (Wildman–Crippen LogP) is 2.47. The summed E-state index contributed by atoms with van der Waals surface area (Å²) in [5.41, 5.74) is 1.23. The summed E-state index contributed by atoms with van der Waals surface area (Å²) in [6, 6.07) is 7.04. The fraction of sp³-hybridized carbons (Fsp3) is 0.412. The normalized spacial score (nSPS) is 21.2. The Kier molecular flexibility index (Phi) is 3.25. The number of aromatic amines is 1. The van der Waals surface area contributed by atoms with Crippen molar-refractivity contribution >= 4 is 11.7 Å². The lowest BCUT2D eigenvalue weighted by molar-refractivity contribution is -0.116. The molecule has 2 aliphatic rings. The highest BCUT2D eigenvalue weighted by atomic mass is 16.3. The first-order valence-electron chi connectivity index (χ1n) is 8.06. The van der Waals surface area contributed by atoms with E-state index in [0.29, 0.717) is 11.4 Å². The minimum atomic E-state index is -0.322. The molecule has 4 rings (SSSR count). The number of hydrogen-bond donors (Lipinski definition) is 3. The van der Waals surface area contributed by atoms with Gasteiger partial charge in [0.25, 0.3) is 5.56 Å². The van der Waals surface area contributed by atoms with Gasteiger partial charge in [0, 0.05) is 12.3 Å². The molecule has 3 N–H and O–H groups in total. The summed E-state index contributed by atoms with van der Waals surface area (Å²) in [6.45, 7) is 0. The van der Waals surface area contributed by atoms with Crippen LogP contribution in [0.5, 0.6) is 5.75 Å². The summed E-state index contributed by atoms with van der Waals surface area (Å²) < 4.78 is 1.84. The molecule has 1 aliphatic heterocycles. The van der Waals surface area contributed by atoms with Crippen molar-refractivity contribution < 1.29 is 9.90 Å². The molecular weight excluding hydrogens is 294 g/mol. The minimum Gasteiger partial charge on any atom is -0.508 e. The lowest BCUT2D eigenvalue weighted by Crippen LogP contribution is -2.27. The zero-order valence-electron chi connectivity index (χ0n) is 12.7. The highest BCUT2D eigenvalue weighted by Gasteiger charge is 2.34. The number of nitrogens with zero attached hydrogens (tertiary/aromatic N) is 1. The molecule has 1 amide bonds. The number of phenolic OH excluding ortho intramolecular Hbond substituents is 1. The molecule has 0 spiro atoms. The summed E-state index contributed by atoms with van der Waals surface area (Å²) in [6.07, 6.45) is 4.54. The molecule has 1 atom stereocenters. The molecular formula is C17H19N3O3. The van der Waals surface area contributed by atoms with E-state index >= 15 is 0 Å². The largest absolute Gasteiger partial charge is 0.508 e. The fourth-order valence-electron chi connectivity index (χ4n) is 3.85. The average molecular weight is 313 g/mol. The molecule has 1 fully saturated rings. The van der Waals surface area contributed by atoms with E-state index < -0.39 is 0 Å². The van der Waals surface area contributed by atoms with Gasteiger partial charge in [-0.1, -0.05) is 25.0 Å². The standard InChI is InChI=1S/C17H19N3O3/c21-12-7-3-4-10(8-12)13-9-14(22)18-16-15(13)17(23)19-20(16)11-5-1-2-6-11/h3-4,7-8,11,13,21H,1-2,5-6,9H2,(H,18,22)(H,19,23). The minimum absolute atomic E-state index is 0.100. The van der Waals surface area contributed by atoms with Crippen molar-refractivity contribution in [2.45, 2.75) is 44.1 Å². The highest BCUT2D eigenvalue weighted by molar-refractivity contribution is 5.94. The number of amides is 1. The smallest absolute Gasteiger partial charge is 0.270 e. The van der Waals surface area contributed by atoms with Crippen molar-refractivity contribution in [2.24, 2.45) is 0 Å². The van der Waals surface area contributed by atoms with Gasteiger partial charge < -0.3 is 10.4 Å². The molecule has 1 aliphatic carbocycles. The third kappa shape index (κ3) is 2.34. The molecule has 23 heavy (non-hydrogen) atoms. The first-order valence-corrected chi connectivity index (χ1v) is 8.06. The maximum absolute atomic E-state index is 12.5. The molecule has 0 radical (unpaired) electrons. The Labute approximate surface area is 133 Å². The maximum Gasteiger partial charge on any atom is 0.270 e. The summed E-state index contributed by atoms with van der Waals surface area (Å²) >= 11 is 0. The summed E-state index contributed by atoms with van der Waals surface area (Å²) in [4.78, 5) is 24.7. The first-order chi connectivity index (χ1) is 11.1. The van der Waals surface area contributed by atoms with E-state index in [-0.39, 0.29) is 35.6 Å². The number of carbonyl (C=O) groups is 1. The number of fused-ring (bicyclic) bond motifs is 1. The van der Waals surface area contributed by atoms with Gasteiger partial charge in [-0.2, -0.15) is 0 Å². The highest BCUT2D eigenvalue weighted by Crippen LogP contribution is 2.39. The van der Waals surface area contributed by atoms with Crippen LogP contribution in [0.25, 0.3) is 0 Å². The topological polar surface area (TPSA) is 87.1 Å². The second-order valence-corrected chi connectivity index (χ2v) is 6.41. The number of hydrogen-bond acceptors (Lipinski definition) is 3. The van der Waals surface area contributed by atoms with Gasteiger partial charge in [-0.3, -0.25) is 19.4 Å². The zero-order valence-corrected chi connectivity index (χ0v) is 12.7. The van der Waals surface area contributed by atoms with E-state index in [0.717, 1.165) is 31.2 Å². The molecule has 0 bridgehead atoms. The number of aromatic hydroxyl groups is 1. The molecule has 6 nitrogen and oxygen atoms in total. The van der Waals surface area contributed by atoms with Crippen LogP contribution in [0.3, 0.4) is 0 Å². The number of aromatic nitrogens is 2. The van der Waals surface area contributed by atoms with Crippen LogP contribution in [0.1, 0.15) is 55.2 Å². The van der Waals surface area contributed by atoms with Crippen LogP contribution in [-0.4, -0.2) is 20.8 Å². The predicted molar refractivity (Wildman–Crippen MR) is 85.8 cm³/mol.